The third-order valence-corrected chi connectivity index (χ3v) is 3.75. The average molecular weight is 268 g/mol. The molecule has 0 bridgehead atoms. The molecule has 2 rings (SSSR count). The Labute approximate surface area is 113 Å². The topological polar surface area (TPSA) is 29.5 Å². The SMILES string of the molecule is COc1ccccc1C(=O)N(C)CC1CC(Cl)C1. The van der Waals surface area contributed by atoms with Crippen molar-refractivity contribution < 1.29 is 9.53 Å². The summed E-state index contributed by atoms with van der Waals surface area (Å²) in [4.78, 5) is 14.0. The summed E-state index contributed by atoms with van der Waals surface area (Å²) in [6.07, 6.45) is 2.01. The van der Waals surface area contributed by atoms with Crippen LogP contribution in [0.2, 0.25) is 0 Å². The van der Waals surface area contributed by atoms with Gasteiger partial charge in [-0.1, -0.05) is 12.1 Å². The first-order valence-electron chi connectivity index (χ1n) is 6.14. The number of nitrogens with zero attached hydrogens (tertiary/aromatic N) is 1. The molecule has 0 aromatic heterocycles. The summed E-state index contributed by atoms with van der Waals surface area (Å²) < 4.78 is 5.21. The number of para-hydroxylation sites is 1. The van der Waals surface area contributed by atoms with Gasteiger partial charge in [-0.05, 0) is 30.9 Å². The maximum Gasteiger partial charge on any atom is 0.257 e. The van der Waals surface area contributed by atoms with Crippen LogP contribution in [0.4, 0.5) is 0 Å². The lowest BCUT2D eigenvalue weighted by Crippen LogP contribution is -2.38. The molecular weight excluding hydrogens is 250 g/mol. The molecule has 0 N–H and O–H groups in total. The molecule has 0 unspecified atom stereocenters. The molecule has 1 fully saturated rings. The molecule has 1 aromatic rings. The van der Waals surface area contributed by atoms with Gasteiger partial charge in [-0.2, -0.15) is 0 Å². The summed E-state index contributed by atoms with van der Waals surface area (Å²) in [7, 11) is 3.41. The van der Waals surface area contributed by atoms with Gasteiger partial charge in [0.2, 0.25) is 0 Å². The van der Waals surface area contributed by atoms with Gasteiger partial charge in [-0.3, -0.25) is 4.79 Å². The van der Waals surface area contributed by atoms with E-state index in [0.29, 0.717) is 22.6 Å². The molecule has 98 valence electrons. The normalized spacial score (nSPS) is 22.2. The molecule has 0 radical (unpaired) electrons. The zero-order valence-electron chi connectivity index (χ0n) is 10.7. The Bertz CT molecular complexity index is 430. The van der Waals surface area contributed by atoms with Gasteiger partial charge in [0.05, 0.1) is 12.7 Å². The first-order valence-corrected chi connectivity index (χ1v) is 6.58. The van der Waals surface area contributed by atoms with Crippen LogP contribution >= 0.6 is 11.6 Å². The number of hydrogen-bond donors (Lipinski definition) is 0. The van der Waals surface area contributed by atoms with Gasteiger partial charge in [0.25, 0.3) is 5.91 Å². The van der Waals surface area contributed by atoms with Crippen LogP contribution in [0.3, 0.4) is 0 Å². The van der Waals surface area contributed by atoms with Gasteiger partial charge in [0, 0.05) is 19.0 Å². The predicted octanol–water partition coefficient (Wildman–Crippen LogP) is 2.78. The van der Waals surface area contributed by atoms with E-state index in [1.54, 1.807) is 24.1 Å². The molecule has 0 atom stereocenters. The van der Waals surface area contributed by atoms with E-state index in [1.807, 2.05) is 19.2 Å². The van der Waals surface area contributed by atoms with Crippen molar-refractivity contribution in [2.24, 2.45) is 5.92 Å². The summed E-state index contributed by atoms with van der Waals surface area (Å²) in [6, 6.07) is 7.31. The van der Waals surface area contributed by atoms with Crippen LogP contribution in [-0.2, 0) is 0 Å². The van der Waals surface area contributed by atoms with Gasteiger partial charge in [-0.15, -0.1) is 11.6 Å². The maximum absolute atomic E-state index is 12.3. The van der Waals surface area contributed by atoms with Crippen LogP contribution in [0.5, 0.6) is 5.75 Å². The van der Waals surface area contributed by atoms with Crippen molar-refractivity contribution in [3.8, 4) is 5.75 Å². The smallest absolute Gasteiger partial charge is 0.257 e. The number of amides is 1. The van der Waals surface area contributed by atoms with Crippen LogP contribution in [0, 0.1) is 5.92 Å². The van der Waals surface area contributed by atoms with Crippen LogP contribution in [-0.4, -0.2) is 36.9 Å². The molecule has 3 nitrogen and oxygen atoms in total. The minimum absolute atomic E-state index is 0.00507. The second-order valence-electron chi connectivity index (χ2n) is 4.82. The van der Waals surface area contributed by atoms with Crippen molar-refractivity contribution in [3.05, 3.63) is 29.8 Å². The molecule has 0 heterocycles. The minimum atomic E-state index is 0.00507. The van der Waals surface area contributed by atoms with Crippen molar-refractivity contribution >= 4 is 17.5 Å². The lowest BCUT2D eigenvalue weighted by Gasteiger charge is -2.34. The Morgan fingerprint density at radius 1 is 1.44 bits per heavy atom. The number of methoxy groups -OCH3 is 1. The summed E-state index contributed by atoms with van der Waals surface area (Å²) in [5.74, 6) is 1.17. The van der Waals surface area contributed by atoms with Crippen LogP contribution in [0.25, 0.3) is 0 Å². The number of hydrogen-bond acceptors (Lipinski definition) is 2. The second kappa shape index (κ2) is 5.61. The fourth-order valence-electron chi connectivity index (χ4n) is 2.30. The van der Waals surface area contributed by atoms with E-state index in [9.17, 15) is 4.79 Å². The molecule has 0 saturated heterocycles. The third kappa shape index (κ3) is 2.78. The Kier molecular flexibility index (Phi) is 4.12. The van der Waals surface area contributed by atoms with Gasteiger partial charge in [0.1, 0.15) is 5.75 Å². The van der Waals surface area contributed by atoms with Crippen molar-refractivity contribution in [2.45, 2.75) is 18.2 Å². The Hall–Kier alpha value is -1.22. The largest absolute Gasteiger partial charge is 0.496 e. The standard InChI is InChI=1S/C14H18ClNO2/c1-16(9-10-7-11(15)8-10)14(17)12-5-3-4-6-13(12)18-2/h3-6,10-11H,7-9H2,1-2H3. The molecule has 18 heavy (non-hydrogen) atoms. The molecule has 1 aliphatic rings. The Morgan fingerprint density at radius 2 is 2.11 bits per heavy atom. The number of benzene rings is 1. The van der Waals surface area contributed by atoms with Crippen LogP contribution < -0.4 is 4.74 Å². The Balaban J connectivity index is 2.01. The summed E-state index contributed by atoms with van der Waals surface area (Å²) in [6.45, 7) is 0.764. The number of alkyl halides is 1. The minimum Gasteiger partial charge on any atom is -0.496 e. The zero-order chi connectivity index (χ0) is 13.1. The summed E-state index contributed by atoms with van der Waals surface area (Å²) >= 11 is 5.95. The molecule has 4 heteroatoms. The third-order valence-electron chi connectivity index (χ3n) is 3.39. The summed E-state index contributed by atoms with van der Waals surface area (Å²) in [5.41, 5.74) is 0.615. The van der Waals surface area contributed by atoms with Crippen LogP contribution in [0.1, 0.15) is 23.2 Å². The van der Waals surface area contributed by atoms with Gasteiger partial charge in [-0.25, -0.2) is 0 Å². The fourth-order valence-corrected chi connectivity index (χ4v) is 2.80. The quantitative estimate of drug-likeness (QED) is 0.785. The molecule has 1 aromatic carbocycles. The Morgan fingerprint density at radius 3 is 2.72 bits per heavy atom. The number of ether oxygens (including phenoxy) is 1. The monoisotopic (exact) mass is 267 g/mol. The van der Waals surface area contributed by atoms with Crippen LogP contribution in [0.15, 0.2) is 24.3 Å². The molecule has 1 amide bonds. The van der Waals surface area contributed by atoms with E-state index in [2.05, 4.69) is 0 Å². The van der Waals surface area contributed by atoms with Crippen molar-refractivity contribution in [1.82, 2.24) is 4.90 Å². The predicted molar refractivity (Wildman–Crippen MR) is 72.3 cm³/mol. The second-order valence-corrected chi connectivity index (χ2v) is 5.44. The fraction of sp³-hybridized carbons (Fsp3) is 0.500. The summed E-state index contributed by atoms with van der Waals surface area (Å²) in [5, 5.41) is 0.296. The molecule has 1 aliphatic carbocycles. The lowest BCUT2D eigenvalue weighted by molar-refractivity contribution is 0.0743. The zero-order valence-corrected chi connectivity index (χ0v) is 11.5. The molecule has 0 aliphatic heterocycles. The first kappa shape index (κ1) is 13.2. The molecule has 0 spiro atoms. The van der Waals surface area contributed by atoms with Crippen molar-refractivity contribution in [2.75, 3.05) is 20.7 Å². The van der Waals surface area contributed by atoms with Crippen molar-refractivity contribution in [1.29, 1.82) is 0 Å². The first-order chi connectivity index (χ1) is 8.61. The number of halogens is 1. The highest BCUT2D eigenvalue weighted by Crippen LogP contribution is 2.32. The molecule has 1 saturated carbocycles. The van der Waals surface area contributed by atoms with E-state index in [-0.39, 0.29) is 5.91 Å². The van der Waals surface area contributed by atoms with E-state index in [0.717, 1.165) is 19.4 Å². The maximum atomic E-state index is 12.3. The number of rotatable bonds is 4. The highest BCUT2D eigenvalue weighted by Gasteiger charge is 2.29. The van der Waals surface area contributed by atoms with E-state index >= 15 is 0 Å². The average Bonchev–Trinajstić information content (AvgIpc) is 2.35. The number of carbonyl (C=O) groups excluding carboxylic acids is 1. The van der Waals surface area contributed by atoms with E-state index in [1.165, 1.54) is 0 Å². The van der Waals surface area contributed by atoms with E-state index < -0.39 is 0 Å². The molecular formula is C14H18ClNO2. The van der Waals surface area contributed by atoms with Gasteiger partial charge >= 0.3 is 0 Å². The highest BCUT2D eigenvalue weighted by atomic mass is 35.5. The van der Waals surface area contributed by atoms with Gasteiger partial charge in [0.15, 0.2) is 0 Å². The van der Waals surface area contributed by atoms with Crippen molar-refractivity contribution in [3.63, 3.8) is 0 Å². The number of carbonyl (C=O) groups is 1. The van der Waals surface area contributed by atoms with E-state index in [4.69, 9.17) is 16.3 Å². The van der Waals surface area contributed by atoms with Gasteiger partial charge < -0.3 is 9.64 Å². The highest BCUT2D eigenvalue weighted by molar-refractivity contribution is 6.21. The lowest BCUT2D eigenvalue weighted by atomic mass is 9.84.